The Hall–Kier alpha value is -3.07. The number of ether oxygens (including phenoxy) is 1. The number of sulfonamides is 1. The number of nitrogens with one attached hydrogen (secondary N) is 1. The second kappa shape index (κ2) is 10.7. The molecule has 2 amide bonds. The van der Waals surface area contributed by atoms with E-state index in [9.17, 15) is 18.0 Å². The molecule has 0 aliphatic rings. The minimum atomic E-state index is -3.74. The molecule has 1 atom stereocenters. The molecule has 1 N–H and O–H groups in total. The van der Waals surface area contributed by atoms with Crippen molar-refractivity contribution in [3.63, 3.8) is 0 Å². The van der Waals surface area contributed by atoms with Gasteiger partial charge in [-0.25, -0.2) is 8.42 Å². The molecular weight excluding hydrogens is 442 g/mol. The molecule has 180 valence electrons. The highest BCUT2D eigenvalue weighted by molar-refractivity contribution is 7.92. The zero-order chi connectivity index (χ0) is 24.8. The third-order valence-corrected chi connectivity index (χ3v) is 6.02. The molecular formula is C24H33N3O5S. The largest absolute Gasteiger partial charge is 0.497 e. The first-order chi connectivity index (χ1) is 15.3. The number of methoxy groups -OCH3 is 1. The van der Waals surface area contributed by atoms with E-state index in [1.165, 1.54) is 4.90 Å². The van der Waals surface area contributed by atoms with Crippen LogP contribution in [0.15, 0.2) is 54.6 Å². The third kappa shape index (κ3) is 7.78. The van der Waals surface area contributed by atoms with Gasteiger partial charge in [0.05, 0.1) is 19.1 Å². The summed E-state index contributed by atoms with van der Waals surface area (Å²) in [4.78, 5) is 27.7. The van der Waals surface area contributed by atoms with Gasteiger partial charge in [-0.05, 0) is 57.5 Å². The van der Waals surface area contributed by atoms with Crippen molar-refractivity contribution >= 4 is 27.5 Å². The van der Waals surface area contributed by atoms with E-state index in [0.29, 0.717) is 11.4 Å². The molecule has 8 nitrogen and oxygen atoms in total. The van der Waals surface area contributed by atoms with Gasteiger partial charge in [-0.1, -0.05) is 30.3 Å². The molecule has 0 fully saturated rings. The lowest BCUT2D eigenvalue weighted by Crippen LogP contribution is -2.54. The van der Waals surface area contributed by atoms with Crippen molar-refractivity contribution in [2.75, 3.05) is 24.2 Å². The van der Waals surface area contributed by atoms with Crippen molar-refractivity contribution in [1.82, 2.24) is 10.2 Å². The van der Waals surface area contributed by atoms with Gasteiger partial charge in [-0.2, -0.15) is 0 Å². The van der Waals surface area contributed by atoms with Crippen LogP contribution in [0.1, 0.15) is 33.3 Å². The first-order valence-corrected chi connectivity index (χ1v) is 12.4. The van der Waals surface area contributed by atoms with Crippen LogP contribution in [0.2, 0.25) is 0 Å². The smallest absolute Gasteiger partial charge is 0.244 e. The van der Waals surface area contributed by atoms with Gasteiger partial charge in [0, 0.05) is 12.1 Å². The average molecular weight is 476 g/mol. The Morgan fingerprint density at radius 3 is 2.24 bits per heavy atom. The monoisotopic (exact) mass is 475 g/mol. The van der Waals surface area contributed by atoms with E-state index < -0.39 is 34.1 Å². The zero-order valence-electron chi connectivity index (χ0n) is 20.0. The minimum absolute atomic E-state index is 0.112. The fraction of sp³-hybridized carbons (Fsp3) is 0.417. The lowest BCUT2D eigenvalue weighted by Gasteiger charge is -2.33. The summed E-state index contributed by atoms with van der Waals surface area (Å²) in [5.74, 6) is -0.207. The molecule has 0 saturated heterocycles. The van der Waals surface area contributed by atoms with Crippen molar-refractivity contribution in [2.45, 2.75) is 45.8 Å². The molecule has 0 spiro atoms. The molecule has 0 aliphatic carbocycles. The van der Waals surface area contributed by atoms with Crippen molar-refractivity contribution in [3.05, 3.63) is 60.2 Å². The van der Waals surface area contributed by atoms with E-state index in [1.807, 2.05) is 26.8 Å². The lowest BCUT2D eigenvalue weighted by atomic mass is 10.1. The standard InChI is InChI=1S/C24H33N3O5S/c1-18(23(29)25-24(2,3)4)26(16-19-11-10-14-21(15-19)32-5)22(28)17-27(33(6,30)31)20-12-8-7-9-13-20/h7-15,18H,16-17H2,1-6H3,(H,25,29). The average Bonchev–Trinajstić information content (AvgIpc) is 2.74. The Labute approximate surface area is 196 Å². The van der Waals surface area contributed by atoms with E-state index in [2.05, 4.69) is 5.32 Å². The van der Waals surface area contributed by atoms with Crippen LogP contribution < -0.4 is 14.4 Å². The van der Waals surface area contributed by atoms with E-state index in [-0.39, 0.29) is 12.5 Å². The summed E-state index contributed by atoms with van der Waals surface area (Å²) in [6.07, 6.45) is 1.05. The number of amides is 2. The maximum atomic E-state index is 13.5. The second-order valence-electron chi connectivity index (χ2n) is 8.89. The normalized spacial score (nSPS) is 12.5. The highest BCUT2D eigenvalue weighted by atomic mass is 32.2. The number of anilines is 1. The van der Waals surface area contributed by atoms with E-state index in [4.69, 9.17) is 4.74 Å². The summed E-state index contributed by atoms with van der Waals surface area (Å²) in [6, 6.07) is 14.8. The Bertz CT molecular complexity index is 1070. The number of nitrogens with zero attached hydrogens (tertiary/aromatic N) is 2. The number of rotatable bonds is 9. The number of hydrogen-bond acceptors (Lipinski definition) is 5. The predicted molar refractivity (Wildman–Crippen MR) is 130 cm³/mol. The van der Waals surface area contributed by atoms with Crippen LogP contribution in [0.5, 0.6) is 5.75 Å². The summed E-state index contributed by atoms with van der Waals surface area (Å²) in [5.41, 5.74) is 0.643. The van der Waals surface area contributed by atoms with Gasteiger partial charge < -0.3 is 15.0 Å². The quantitative estimate of drug-likeness (QED) is 0.602. The van der Waals surface area contributed by atoms with E-state index >= 15 is 0 Å². The summed E-state index contributed by atoms with van der Waals surface area (Å²) in [7, 11) is -2.19. The molecule has 2 aromatic rings. The van der Waals surface area contributed by atoms with Crippen LogP contribution in [-0.4, -0.2) is 56.6 Å². The van der Waals surface area contributed by atoms with Gasteiger partial charge in [0.1, 0.15) is 18.3 Å². The molecule has 0 bridgehead atoms. The third-order valence-electron chi connectivity index (χ3n) is 4.88. The topological polar surface area (TPSA) is 96.0 Å². The summed E-state index contributed by atoms with van der Waals surface area (Å²) >= 11 is 0. The van der Waals surface area contributed by atoms with Crippen LogP contribution in [0.25, 0.3) is 0 Å². The minimum Gasteiger partial charge on any atom is -0.497 e. The number of hydrogen-bond donors (Lipinski definition) is 1. The summed E-state index contributed by atoms with van der Waals surface area (Å²) in [5, 5.41) is 2.89. The van der Waals surface area contributed by atoms with Crippen molar-refractivity contribution < 1.29 is 22.7 Å². The number of benzene rings is 2. The van der Waals surface area contributed by atoms with Crippen molar-refractivity contribution in [2.24, 2.45) is 0 Å². The fourth-order valence-electron chi connectivity index (χ4n) is 3.23. The molecule has 9 heteroatoms. The zero-order valence-corrected chi connectivity index (χ0v) is 20.8. The number of para-hydroxylation sites is 1. The molecule has 0 heterocycles. The summed E-state index contributed by atoms with van der Waals surface area (Å²) < 4.78 is 31.3. The molecule has 2 aromatic carbocycles. The fourth-order valence-corrected chi connectivity index (χ4v) is 4.08. The molecule has 0 aromatic heterocycles. The van der Waals surface area contributed by atoms with Crippen LogP contribution >= 0.6 is 0 Å². The molecule has 33 heavy (non-hydrogen) atoms. The second-order valence-corrected chi connectivity index (χ2v) is 10.8. The summed E-state index contributed by atoms with van der Waals surface area (Å²) in [6.45, 7) is 6.87. The van der Waals surface area contributed by atoms with Gasteiger partial charge in [0.25, 0.3) is 0 Å². The number of carbonyl (C=O) groups excluding carboxylic acids is 2. The molecule has 0 saturated carbocycles. The van der Waals surface area contributed by atoms with Crippen LogP contribution in [0.4, 0.5) is 5.69 Å². The van der Waals surface area contributed by atoms with E-state index in [0.717, 1.165) is 16.1 Å². The first kappa shape index (κ1) is 26.2. The van der Waals surface area contributed by atoms with Crippen LogP contribution in [0.3, 0.4) is 0 Å². The van der Waals surface area contributed by atoms with Crippen LogP contribution in [0, 0.1) is 0 Å². The predicted octanol–water partition coefficient (Wildman–Crippen LogP) is 2.79. The Morgan fingerprint density at radius 1 is 1.06 bits per heavy atom. The maximum Gasteiger partial charge on any atom is 0.244 e. The molecule has 0 radical (unpaired) electrons. The SMILES string of the molecule is COc1cccc(CN(C(=O)CN(c2ccccc2)S(C)(=O)=O)C(C)C(=O)NC(C)(C)C)c1. The maximum absolute atomic E-state index is 13.5. The van der Waals surface area contributed by atoms with Gasteiger partial charge >= 0.3 is 0 Å². The van der Waals surface area contributed by atoms with Gasteiger partial charge in [0.2, 0.25) is 21.8 Å². The van der Waals surface area contributed by atoms with Gasteiger partial charge in [-0.15, -0.1) is 0 Å². The highest BCUT2D eigenvalue weighted by Crippen LogP contribution is 2.20. The highest BCUT2D eigenvalue weighted by Gasteiger charge is 2.31. The Balaban J connectivity index is 2.39. The molecule has 0 aliphatic heterocycles. The number of carbonyl (C=O) groups is 2. The Kier molecular flexibility index (Phi) is 8.49. The van der Waals surface area contributed by atoms with E-state index in [1.54, 1.807) is 62.6 Å². The van der Waals surface area contributed by atoms with Gasteiger partial charge in [-0.3, -0.25) is 13.9 Å². The first-order valence-electron chi connectivity index (χ1n) is 10.6. The molecule has 1 unspecified atom stereocenters. The molecule has 2 rings (SSSR count). The Morgan fingerprint density at radius 2 is 1.70 bits per heavy atom. The van der Waals surface area contributed by atoms with Gasteiger partial charge in [0.15, 0.2) is 0 Å². The van der Waals surface area contributed by atoms with Crippen molar-refractivity contribution in [1.29, 1.82) is 0 Å². The van der Waals surface area contributed by atoms with Crippen LogP contribution in [-0.2, 0) is 26.2 Å². The van der Waals surface area contributed by atoms with Crippen molar-refractivity contribution in [3.8, 4) is 5.75 Å². The lowest BCUT2D eigenvalue weighted by molar-refractivity contribution is -0.140.